The van der Waals surface area contributed by atoms with E-state index in [9.17, 15) is 14.9 Å². The molecule has 28 heavy (non-hydrogen) atoms. The fourth-order valence-electron chi connectivity index (χ4n) is 2.38. The van der Waals surface area contributed by atoms with E-state index < -0.39 is 10.8 Å². The average Bonchev–Trinajstić information content (AvgIpc) is 3.07. The molecule has 7 nitrogen and oxygen atoms in total. The number of aryl methyl sites for hydroxylation is 1. The van der Waals surface area contributed by atoms with Crippen LogP contribution in [0.5, 0.6) is 5.75 Å². The summed E-state index contributed by atoms with van der Waals surface area (Å²) in [7, 11) is 0. The van der Waals surface area contributed by atoms with Gasteiger partial charge in [0.1, 0.15) is 5.75 Å². The van der Waals surface area contributed by atoms with Gasteiger partial charge in [0.15, 0.2) is 11.7 Å². The summed E-state index contributed by atoms with van der Waals surface area (Å²) in [6, 6.07) is 9.38. The predicted molar refractivity (Wildman–Crippen MR) is 110 cm³/mol. The van der Waals surface area contributed by atoms with Crippen molar-refractivity contribution in [3.63, 3.8) is 0 Å². The van der Waals surface area contributed by atoms with Gasteiger partial charge >= 0.3 is 0 Å². The van der Waals surface area contributed by atoms with E-state index in [2.05, 4.69) is 10.3 Å². The number of carbonyl (C=O) groups is 1. The Balaban J connectivity index is 1.60. The number of hydrogen-bond donors (Lipinski definition) is 1. The molecule has 1 heterocycles. The smallest absolute Gasteiger partial charge is 0.272 e. The van der Waals surface area contributed by atoms with Crippen molar-refractivity contribution in [3.8, 4) is 17.0 Å². The van der Waals surface area contributed by atoms with Gasteiger partial charge < -0.3 is 4.74 Å². The topological polar surface area (TPSA) is 94.4 Å². The van der Waals surface area contributed by atoms with Gasteiger partial charge in [-0.05, 0) is 37.3 Å². The Hall–Kier alpha value is -2.68. The van der Waals surface area contributed by atoms with E-state index in [1.165, 1.54) is 29.5 Å². The van der Waals surface area contributed by atoms with Crippen LogP contribution < -0.4 is 10.1 Å². The number of hydrogen-bond acceptors (Lipinski definition) is 6. The highest BCUT2D eigenvalue weighted by atomic mass is 35.5. The third-order valence-electron chi connectivity index (χ3n) is 3.69. The molecule has 10 heteroatoms. The lowest BCUT2D eigenvalue weighted by Crippen LogP contribution is -2.20. The number of ether oxygens (including phenoxy) is 1. The minimum absolute atomic E-state index is 0.00650. The van der Waals surface area contributed by atoms with E-state index in [-0.39, 0.29) is 12.3 Å². The van der Waals surface area contributed by atoms with E-state index in [0.29, 0.717) is 37.7 Å². The zero-order valence-electron chi connectivity index (χ0n) is 14.4. The first-order chi connectivity index (χ1) is 13.3. The zero-order valence-corrected chi connectivity index (χ0v) is 16.8. The lowest BCUT2D eigenvalue weighted by atomic mass is 10.2. The molecule has 0 fully saturated rings. The summed E-state index contributed by atoms with van der Waals surface area (Å²) >= 11 is 13.3. The van der Waals surface area contributed by atoms with Crippen LogP contribution in [0.4, 0.5) is 10.8 Å². The number of aromatic nitrogens is 1. The average molecular weight is 438 g/mol. The molecule has 0 atom stereocenters. The highest BCUT2D eigenvalue weighted by Crippen LogP contribution is 2.32. The van der Waals surface area contributed by atoms with Crippen LogP contribution in [0.2, 0.25) is 10.0 Å². The summed E-state index contributed by atoms with van der Waals surface area (Å²) in [4.78, 5) is 26.8. The number of nitrogens with zero attached hydrogens (tertiary/aromatic N) is 2. The van der Waals surface area contributed by atoms with Crippen LogP contribution in [-0.4, -0.2) is 22.4 Å². The van der Waals surface area contributed by atoms with E-state index in [1.807, 2.05) is 0 Å². The van der Waals surface area contributed by atoms with Crippen molar-refractivity contribution in [3.05, 3.63) is 67.5 Å². The summed E-state index contributed by atoms with van der Waals surface area (Å²) in [6.07, 6.45) is 0. The van der Waals surface area contributed by atoms with Crippen LogP contribution >= 0.6 is 34.5 Å². The van der Waals surface area contributed by atoms with Crippen molar-refractivity contribution in [1.82, 2.24) is 4.98 Å². The van der Waals surface area contributed by atoms with E-state index >= 15 is 0 Å². The van der Waals surface area contributed by atoms with Crippen molar-refractivity contribution in [2.45, 2.75) is 6.92 Å². The fourth-order valence-corrected chi connectivity index (χ4v) is 3.61. The normalized spacial score (nSPS) is 10.5. The third kappa shape index (κ3) is 4.78. The molecular weight excluding hydrogens is 425 g/mol. The van der Waals surface area contributed by atoms with Gasteiger partial charge in [-0.25, -0.2) is 4.98 Å². The monoisotopic (exact) mass is 437 g/mol. The highest BCUT2D eigenvalue weighted by molar-refractivity contribution is 7.14. The van der Waals surface area contributed by atoms with Crippen LogP contribution in [0, 0.1) is 17.0 Å². The van der Waals surface area contributed by atoms with Crippen LogP contribution in [0.15, 0.2) is 41.8 Å². The van der Waals surface area contributed by atoms with E-state index in [4.69, 9.17) is 27.9 Å². The second-order valence-corrected chi connectivity index (χ2v) is 7.41. The maximum absolute atomic E-state index is 12.1. The number of halogens is 2. The lowest BCUT2D eigenvalue weighted by Gasteiger charge is -2.07. The van der Waals surface area contributed by atoms with Gasteiger partial charge in [-0.1, -0.05) is 23.2 Å². The molecule has 0 radical (unpaired) electrons. The maximum atomic E-state index is 12.1. The van der Waals surface area contributed by atoms with Crippen LogP contribution in [0.1, 0.15) is 5.56 Å². The van der Waals surface area contributed by atoms with Gasteiger partial charge in [-0.3, -0.25) is 20.2 Å². The minimum Gasteiger partial charge on any atom is -0.484 e. The summed E-state index contributed by atoms with van der Waals surface area (Å²) in [5.74, 6) is -0.0369. The lowest BCUT2D eigenvalue weighted by molar-refractivity contribution is -0.385. The summed E-state index contributed by atoms with van der Waals surface area (Å²) < 4.78 is 5.39. The highest BCUT2D eigenvalue weighted by Gasteiger charge is 2.13. The molecule has 1 amide bonds. The first kappa shape index (κ1) is 20.1. The number of nitro benzene ring substituents is 1. The van der Waals surface area contributed by atoms with Crippen molar-refractivity contribution < 1.29 is 14.5 Å². The second-order valence-electron chi connectivity index (χ2n) is 5.70. The molecule has 0 saturated carbocycles. The molecule has 3 rings (SSSR count). The van der Waals surface area contributed by atoms with Crippen LogP contribution in [-0.2, 0) is 4.79 Å². The van der Waals surface area contributed by atoms with Crippen molar-refractivity contribution in [1.29, 1.82) is 0 Å². The van der Waals surface area contributed by atoms with E-state index in [0.717, 1.165) is 0 Å². The molecule has 0 aliphatic carbocycles. The first-order valence-corrected chi connectivity index (χ1v) is 9.55. The number of nitrogens with one attached hydrogen (secondary N) is 1. The van der Waals surface area contributed by atoms with Gasteiger partial charge in [0, 0.05) is 27.6 Å². The molecule has 1 aromatic heterocycles. The SMILES string of the molecule is Cc1cc(OCC(=O)Nc2nc(-c3ccc(Cl)cc3Cl)cs2)ccc1[N+](=O)[O-]. The molecule has 3 aromatic rings. The number of benzene rings is 2. The van der Waals surface area contributed by atoms with Gasteiger partial charge in [-0.15, -0.1) is 11.3 Å². The molecule has 144 valence electrons. The summed E-state index contributed by atoms with van der Waals surface area (Å²) in [5.41, 5.74) is 1.77. The van der Waals surface area contributed by atoms with Gasteiger partial charge in [0.25, 0.3) is 11.6 Å². The quantitative estimate of drug-likeness (QED) is 0.414. The van der Waals surface area contributed by atoms with E-state index in [1.54, 1.807) is 30.5 Å². The van der Waals surface area contributed by atoms with Gasteiger partial charge in [0.2, 0.25) is 0 Å². The first-order valence-electron chi connectivity index (χ1n) is 7.92. The number of amides is 1. The second kappa shape index (κ2) is 8.55. The van der Waals surface area contributed by atoms with Crippen LogP contribution in [0.3, 0.4) is 0 Å². The minimum atomic E-state index is -0.473. The molecule has 1 N–H and O–H groups in total. The fraction of sp³-hybridized carbons (Fsp3) is 0.111. The Bertz CT molecular complexity index is 1060. The zero-order chi connectivity index (χ0) is 20.3. The molecular formula is C18H13Cl2N3O4S. The third-order valence-corrected chi connectivity index (χ3v) is 5.00. The Morgan fingerprint density at radius 1 is 1.29 bits per heavy atom. The summed E-state index contributed by atoms with van der Waals surface area (Å²) in [6.45, 7) is 1.35. The number of carbonyl (C=O) groups excluding carboxylic acids is 1. The van der Waals surface area contributed by atoms with Gasteiger partial charge in [-0.2, -0.15) is 0 Å². The molecule has 0 aliphatic heterocycles. The Labute approximate surface area is 174 Å². The molecule has 2 aromatic carbocycles. The molecule has 0 aliphatic rings. The summed E-state index contributed by atoms with van der Waals surface area (Å²) in [5, 5.41) is 16.6. The van der Waals surface area contributed by atoms with Crippen molar-refractivity contribution >= 4 is 51.3 Å². The number of anilines is 1. The van der Waals surface area contributed by atoms with Crippen molar-refractivity contribution in [2.24, 2.45) is 0 Å². The van der Waals surface area contributed by atoms with Crippen molar-refractivity contribution in [2.75, 3.05) is 11.9 Å². The largest absolute Gasteiger partial charge is 0.484 e. The standard InChI is InChI=1S/C18H13Cl2N3O4S/c1-10-6-12(3-5-16(10)23(25)26)27-8-17(24)22-18-21-15(9-28-18)13-4-2-11(19)7-14(13)20/h2-7,9H,8H2,1H3,(H,21,22,24). The van der Waals surface area contributed by atoms with Crippen LogP contribution in [0.25, 0.3) is 11.3 Å². The molecule has 0 saturated heterocycles. The molecule has 0 unspecified atom stereocenters. The predicted octanol–water partition coefficient (Wildman–Crippen LogP) is 5.35. The Morgan fingerprint density at radius 3 is 2.75 bits per heavy atom. The number of nitro groups is 1. The number of thiazole rings is 1. The number of rotatable bonds is 6. The Morgan fingerprint density at radius 2 is 2.07 bits per heavy atom. The Kier molecular flexibility index (Phi) is 6.13. The maximum Gasteiger partial charge on any atom is 0.272 e. The molecule has 0 bridgehead atoms. The molecule has 0 spiro atoms. The van der Waals surface area contributed by atoms with Gasteiger partial charge in [0.05, 0.1) is 15.6 Å².